The van der Waals surface area contributed by atoms with E-state index in [0.29, 0.717) is 18.0 Å². The number of rotatable bonds is 4. The van der Waals surface area contributed by atoms with E-state index in [1.165, 1.54) is 31.2 Å². The van der Waals surface area contributed by atoms with Gasteiger partial charge in [-0.25, -0.2) is 4.98 Å². The number of hydrogen-bond donors (Lipinski definition) is 3. The van der Waals surface area contributed by atoms with E-state index in [1.54, 1.807) is 0 Å². The number of aryl methyl sites for hydroxylation is 2. The van der Waals surface area contributed by atoms with Crippen molar-refractivity contribution >= 4 is 22.8 Å². The highest BCUT2D eigenvalue weighted by Crippen LogP contribution is 2.29. The van der Waals surface area contributed by atoms with Crippen LogP contribution in [-0.4, -0.2) is 40.1 Å². The molecule has 0 spiro atoms. The lowest BCUT2D eigenvalue weighted by molar-refractivity contribution is 0.749. The summed E-state index contributed by atoms with van der Waals surface area (Å²) in [7, 11) is 0. The molecule has 0 radical (unpaired) electrons. The number of fused-ring (bicyclic) bond motifs is 1. The number of anilines is 2. The van der Waals surface area contributed by atoms with Crippen LogP contribution < -0.4 is 16.0 Å². The van der Waals surface area contributed by atoms with Crippen molar-refractivity contribution in [2.45, 2.75) is 58.0 Å². The molecule has 1 saturated heterocycles. The van der Waals surface area contributed by atoms with Crippen molar-refractivity contribution in [3.63, 3.8) is 0 Å². The van der Waals surface area contributed by atoms with Gasteiger partial charge in [0.2, 0.25) is 5.95 Å². The lowest BCUT2D eigenvalue weighted by Gasteiger charge is -2.18. The molecule has 6 heteroatoms. The molecule has 2 fully saturated rings. The summed E-state index contributed by atoms with van der Waals surface area (Å²) in [5.74, 6) is 1.62. The van der Waals surface area contributed by atoms with Crippen molar-refractivity contribution in [3.8, 4) is 0 Å². The first-order chi connectivity index (χ1) is 11.7. The van der Waals surface area contributed by atoms with Crippen molar-refractivity contribution in [2.24, 2.45) is 0 Å². The third-order valence-electron chi connectivity index (χ3n) is 5.08. The Morgan fingerprint density at radius 3 is 2.58 bits per heavy atom. The Morgan fingerprint density at radius 1 is 1.00 bits per heavy atom. The average molecular weight is 326 g/mol. The quantitative estimate of drug-likeness (QED) is 0.802. The van der Waals surface area contributed by atoms with Gasteiger partial charge in [-0.2, -0.15) is 9.97 Å². The SMILES string of the molecule is Cc1cc(C)c2c(NC3CCCC3)nc(NC3CCNC3)nc2n1. The van der Waals surface area contributed by atoms with Gasteiger partial charge >= 0.3 is 0 Å². The first kappa shape index (κ1) is 15.6. The summed E-state index contributed by atoms with van der Waals surface area (Å²) in [4.78, 5) is 14.2. The maximum atomic E-state index is 4.82. The van der Waals surface area contributed by atoms with Crippen LogP contribution in [0.2, 0.25) is 0 Å². The second-order valence-electron chi connectivity index (χ2n) is 7.13. The smallest absolute Gasteiger partial charge is 0.226 e. The molecule has 0 amide bonds. The molecule has 3 heterocycles. The molecule has 1 aliphatic heterocycles. The maximum absolute atomic E-state index is 4.82. The number of nitrogens with one attached hydrogen (secondary N) is 3. The monoisotopic (exact) mass is 326 g/mol. The molecule has 24 heavy (non-hydrogen) atoms. The third-order valence-corrected chi connectivity index (χ3v) is 5.08. The van der Waals surface area contributed by atoms with Crippen LogP contribution in [0, 0.1) is 13.8 Å². The van der Waals surface area contributed by atoms with Gasteiger partial charge in [-0.15, -0.1) is 0 Å². The fourth-order valence-electron chi connectivity index (χ4n) is 3.87. The molecule has 0 bridgehead atoms. The van der Waals surface area contributed by atoms with Crippen LogP contribution in [0.4, 0.5) is 11.8 Å². The van der Waals surface area contributed by atoms with Crippen molar-refractivity contribution in [1.29, 1.82) is 0 Å². The van der Waals surface area contributed by atoms with E-state index in [2.05, 4.69) is 33.9 Å². The van der Waals surface area contributed by atoms with Gasteiger partial charge in [0.15, 0.2) is 5.65 Å². The fraction of sp³-hybridized carbons (Fsp3) is 0.611. The van der Waals surface area contributed by atoms with Crippen LogP contribution in [0.1, 0.15) is 43.4 Å². The van der Waals surface area contributed by atoms with E-state index in [9.17, 15) is 0 Å². The summed E-state index contributed by atoms with van der Waals surface area (Å²) in [5.41, 5.74) is 2.97. The van der Waals surface area contributed by atoms with Crippen LogP contribution in [0.15, 0.2) is 6.07 Å². The summed E-state index contributed by atoms with van der Waals surface area (Å²) >= 11 is 0. The van der Waals surface area contributed by atoms with E-state index < -0.39 is 0 Å². The van der Waals surface area contributed by atoms with Crippen molar-refractivity contribution in [3.05, 3.63) is 17.3 Å². The summed E-state index contributed by atoms with van der Waals surface area (Å²) in [6, 6.07) is 3.02. The molecule has 1 unspecified atom stereocenters. The number of aromatic nitrogens is 3. The molecule has 1 atom stereocenters. The van der Waals surface area contributed by atoms with E-state index >= 15 is 0 Å². The Kier molecular flexibility index (Phi) is 4.22. The highest BCUT2D eigenvalue weighted by Gasteiger charge is 2.20. The van der Waals surface area contributed by atoms with E-state index in [0.717, 1.165) is 42.1 Å². The first-order valence-corrected chi connectivity index (χ1v) is 9.09. The van der Waals surface area contributed by atoms with E-state index in [4.69, 9.17) is 9.97 Å². The van der Waals surface area contributed by atoms with E-state index in [1.807, 2.05) is 6.92 Å². The standard InChI is InChI=1S/C18H26N6/c1-11-9-12(2)20-16-15(11)17(21-13-5-3-4-6-13)24-18(23-16)22-14-7-8-19-10-14/h9,13-14,19H,3-8,10H2,1-2H3,(H2,20,21,22,23,24). The molecule has 4 rings (SSSR count). The minimum Gasteiger partial charge on any atom is -0.367 e. The molecule has 128 valence electrons. The van der Waals surface area contributed by atoms with Crippen molar-refractivity contribution in [1.82, 2.24) is 20.3 Å². The zero-order valence-corrected chi connectivity index (χ0v) is 14.5. The van der Waals surface area contributed by atoms with Crippen molar-refractivity contribution in [2.75, 3.05) is 23.7 Å². The lowest BCUT2D eigenvalue weighted by atomic mass is 10.1. The summed E-state index contributed by atoms with van der Waals surface area (Å²) in [5, 5.41) is 11.6. The average Bonchev–Trinajstić information content (AvgIpc) is 3.20. The lowest BCUT2D eigenvalue weighted by Crippen LogP contribution is -2.24. The molecule has 6 nitrogen and oxygen atoms in total. The minimum atomic E-state index is 0.396. The normalized spacial score (nSPS) is 21.5. The van der Waals surface area contributed by atoms with Gasteiger partial charge < -0.3 is 16.0 Å². The fourth-order valence-corrected chi connectivity index (χ4v) is 3.87. The molecule has 1 saturated carbocycles. The van der Waals surface area contributed by atoms with Crippen LogP contribution in [0.5, 0.6) is 0 Å². The summed E-state index contributed by atoms with van der Waals surface area (Å²) < 4.78 is 0. The van der Waals surface area contributed by atoms with Gasteiger partial charge in [0.05, 0.1) is 5.39 Å². The predicted molar refractivity (Wildman–Crippen MR) is 97.6 cm³/mol. The molecule has 2 aliphatic rings. The minimum absolute atomic E-state index is 0.396. The van der Waals surface area contributed by atoms with Crippen molar-refractivity contribution < 1.29 is 0 Å². The molecule has 2 aromatic rings. The molecule has 2 aromatic heterocycles. The Labute approximate surface area is 142 Å². The van der Waals surface area contributed by atoms with Gasteiger partial charge in [-0.3, -0.25) is 0 Å². The van der Waals surface area contributed by atoms with Gasteiger partial charge in [-0.05, 0) is 51.3 Å². The zero-order valence-electron chi connectivity index (χ0n) is 14.5. The van der Waals surface area contributed by atoms with Gasteiger partial charge in [0.1, 0.15) is 5.82 Å². The van der Waals surface area contributed by atoms with Gasteiger partial charge in [0.25, 0.3) is 0 Å². The third kappa shape index (κ3) is 3.15. The first-order valence-electron chi connectivity index (χ1n) is 9.09. The molecule has 0 aromatic carbocycles. The number of hydrogen-bond acceptors (Lipinski definition) is 6. The Bertz CT molecular complexity index is 732. The van der Waals surface area contributed by atoms with Crippen LogP contribution >= 0.6 is 0 Å². The maximum Gasteiger partial charge on any atom is 0.226 e. The van der Waals surface area contributed by atoms with Crippen LogP contribution in [0.25, 0.3) is 11.0 Å². The summed E-state index contributed by atoms with van der Waals surface area (Å²) in [6.07, 6.45) is 6.15. The number of pyridine rings is 1. The second kappa shape index (κ2) is 6.51. The molecular weight excluding hydrogens is 300 g/mol. The molecule has 1 aliphatic carbocycles. The molecule has 3 N–H and O–H groups in total. The van der Waals surface area contributed by atoms with Crippen LogP contribution in [-0.2, 0) is 0 Å². The Hall–Kier alpha value is -1.95. The number of nitrogens with zero attached hydrogens (tertiary/aromatic N) is 3. The second-order valence-corrected chi connectivity index (χ2v) is 7.13. The Balaban J connectivity index is 1.73. The Morgan fingerprint density at radius 2 is 1.83 bits per heavy atom. The molecular formula is C18H26N6. The van der Waals surface area contributed by atoms with Crippen LogP contribution in [0.3, 0.4) is 0 Å². The van der Waals surface area contributed by atoms with Gasteiger partial charge in [-0.1, -0.05) is 12.8 Å². The van der Waals surface area contributed by atoms with Gasteiger partial charge in [0, 0.05) is 24.3 Å². The van der Waals surface area contributed by atoms with E-state index in [-0.39, 0.29) is 0 Å². The predicted octanol–water partition coefficient (Wildman–Crippen LogP) is 2.77. The topological polar surface area (TPSA) is 74.8 Å². The zero-order chi connectivity index (χ0) is 16.5. The highest BCUT2D eigenvalue weighted by molar-refractivity contribution is 5.90. The summed E-state index contributed by atoms with van der Waals surface area (Å²) in [6.45, 7) is 6.16. The highest BCUT2D eigenvalue weighted by atomic mass is 15.2. The largest absolute Gasteiger partial charge is 0.367 e.